The van der Waals surface area contributed by atoms with Crippen molar-refractivity contribution in [1.82, 2.24) is 0 Å². The van der Waals surface area contributed by atoms with Gasteiger partial charge in [-0.05, 0) is 29.8 Å². The van der Waals surface area contributed by atoms with Crippen molar-refractivity contribution in [2.45, 2.75) is 5.92 Å². The Morgan fingerprint density at radius 3 is 2.19 bits per heavy atom. The molecule has 0 saturated heterocycles. The summed E-state index contributed by atoms with van der Waals surface area (Å²) in [7, 11) is 0. The van der Waals surface area contributed by atoms with Gasteiger partial charge in [-0.1, -0.05) is 30.3 Å². The molecule has 0 fully saturated rings. The molecule has 2 N–H and O–H groups in total. The monoisotopic (exact) mass is 280 g/mol. The molecule has 1 atom stereocenters. The molecule has 5 heteroatoms. The summed E-state index contributed by atoms with van der Waals surface area (Å²) in [5.41, 5.74) is 1.19. The zero-order chi connectivity index (χ0) is 15.2. The lowest BCUT2D eigenvalue weighted by molar-refractivity contribution is -0.116. The van der Waals surface area contributed by atoms with Crippen molar-refractivity contribution in [3.8, 4) is 6.07 Å². The van der Waals surface area contributed by atoms with Crippen molar-refractivity contribution in [3.05, 3.63) is 65.7 Å². The van der Waals surface area contributed by atoms with Crippen molar-refractivity contribution in [3.63, 3.8) is 0 Å². The summed E-state index contributed by atoms with van der Waals surface area (Å²) in [6, 6.07) is 16.5. The predicted octanol–water partition coefficient (Wildman–Crippen LogP) is 2.63. The third kappa shape index (κ3) is 3.45. The molecule has 0 spiro atoms. The highest BCUT2D eigenvalue weighted by Crippen LogP contribution is 2.18. The zero-order valence-electron chi connectivity index (χ0n) is 11.0. The average molecular weight is 280 g/mol. The van der Waals surface area contributed by atoms with Crippen LogP contribution >= 0.6 is 0 Å². The molecule has 5 nitrogen and oxygen atoms in total. The second-order valence-corrected chi connectivity index (χ2v) is 4.34. The molecular formula is C16H12N2O3. The van der Waals surface area contributed by atoms with Crippen LogP contribution in [0.5, 0.6) is 0 Å². The maximum Gasteiger partial charge on any atom is 0.335 e. The maximum absolute atomic E-state index is 12.1. The highest BCUT2D eigenvalue weighted by molar-refractivity contribution is 5.98. The van der Waals surface area contributed by atoms with Crippen LogP contribution in [-0.4, -0.2) is 17.0 Å². The number of nitrogens with zero attached hydrogens (tertiary/aromatic N) is 1. The molecule has 0 bridgehead atoms. The van der Waals surface area contributed by atoms with Gasteiger partial charge in [-0.25, -0.2) is 4.79 Å². The Balaban J connectivity index is 2.13. The van der Waals surface area contributed by atoms with E-state index in [1.165, 1.54) is 24.3 Å². The molecule has 0 aliphatic heterocycles. The van der Waals surface area contributed by atoms with Gasteiger partial charge in [0.25, 0.3) is 0 Å². The third-order valence-corrected chi connectivity index (χ3v) is 2.92. The lowest BCUT2D eigenvalue weighted by Crippen LogP contribution is -2.20. The molecule has 2 rings (SSSR count). The minimum absolute atomic E-state index is 0.132. The van der Waals surface area contributed by atoms with Crippen molar-refractivity contribution in [1.29, 1.82) is 5.26 Å². The summed E-state index contributed by atoms with van der Waals surface area (Å²) < 4.78 is 0. The predicted molar refractivity (Wildman–Crippen MR) is 76.8 cm³/mol. The van der Waals surface area contributed by atoms with Crippen LogP contribution in [0.25, 0.3) is 0 Å². The maximum atomic E-state index is 12.1. The second-order valence-electron chi connectivity index (χ2n) is 4.34. The topological polar surface area (TPSA) is 90.2 Å². The number of benzene rings is 2. The van der Waals surface area contributed by atoms with E-state index in [0.29, 0.717) is 11.3 Å². The summed E-state index contributed by atoms with van der Waals surface area (Å²) in [4.78, 5) is 22.9. The van der Waals surface area contributed by atoms with Crippen molar-refractivity contribution in [2.75, 3.05) is 5.32 Å². The molecule has 21 heavy (non-hydrogen) atoms. The quantitative estimate of drug-likeness (QED) is 0.900. The first-order chi connectivity index (χ1) is 10.1. The molecule has 0 saturated carbocycles. The van der Waals surface area contributed by atoms with Gasteiger partial charge in [0.2, 0.25) is 5.91 Å². The molecule has 0 aliphatic carbocycles. The van der Waals surface area contributed by atoms with Crippen LogP contribution in [0, 0.1) is 11.3 Å². The first-order valence-electron chi connectivity index (χ1n) is 6.20. The van der Waals surface area contributed by atoms with E-state index < -0.39 is 17.8 Å². The number of carboxylic acid groups (broad SMARTS) is 1. The van der Waals surface area contributed by atoms with Crippen LogP contribution in [0.1, 0.15) is 21.8 Å². The van der Waals surface area contributed by atoms with Crippen molar-refractivity contribution >= 4 is 17.6 Å². The van der Waals surface area contributed by atoms with Crippen LogP contribution in [0.4, 0.5) is 5.69 Å². The van der Waals surface area contributed by atoms with Gasteiger partial charge in [0.15, 0.2) is 5.92 Å². The van der Waals surface area contributed by atoms with E-state index in [0.717, 1.165) is 0 Å². The number of nitriles is 1. The lowest BCUT2D eigenvalue weighted by Gasteiger charge is -2.10. The Labute approximate surface area is 121 Å². The standard InChI is InChI=1S/C16H12N2O3/c17-10-14(11-4-2-1-3-5-11)15(19)18-13-8-6-12(7-9-13)16(20)21/h1-9,14H,(H,18,19)(H,20,21). The Bertz CT molecular complexity index is 688. The fourth-order valence-electron chi connectivity index (χ4n) is 1.84. The molecule has 1 unspecified atom stereocenters. The van der Waals surface area contributed by atoms with Gasteiger partial charge in [-0.15, -0.1) is 0 Å². The molecule has 1 amide bonds. The first-order valence-corrected chi connectivity index (χ1v) is 6.20. The Morgan fingerprint density at radius 2 is 1.67 bits per heavy atom. The van der Waals surface area contributed by atoms with E-state index in [1.54, 1.807) is 30.3 Å². The van der Waals surface area contributed by atoms with Crippen molar-refractivity contribution < 1.29 is 14.7 Å². The highest BCUT2D eigenvalue weighted by atomic mass is 16.4. The van der Waals surface area contributed by atoms with Crippen LogP contribution in [0.3, 0.4) is 0 Å². The molecule has 2 aromatic rings. The number of hydrogen-bond donors (Lipinski definition) is 2. The SMILES string of the molecule is N#CC(C(=O)Nc1ccc(C(=O)O)cc1)c1ccccc1. The zero-order valence-corrected chi connectivity index (χ0v) is 11.0. The molecule has 0 radical (unpaired) electrons. The Hall–Kier alpha value is -3.13. The summed E-state index contributed by atoms with van der Waals surface area (Å²) in [5.74, 6) is -2.40. The average Bonchev–Trinajstić information content (AvgIpc) is 2.49. The normalized spacial score (nSPS) is 11.2. The Kier molecular flexibility index (Phi) is 4.32. The highest BCUT2D eigenvalue weighted by Gasteiger charge is 2.19. The number of carbonyl (C=O) groups excluding carboxylic acids is 1. The third-order valence-electron chi connectivity index (χ3n) is 2.92. The number of carbonyl (C=O) groups is 2. The molecule has 0 aromatic heterocycles. The largest absolute Gasteiger partial charge is 0.478 e. The molecular weight excluding hydrogens is 268 g/mol. The number of carboxylic acids is 1. The van der Waals surface area contributed by atoms with Gasteiger partial charge < -0.3 is 10.4 Å². The van der Waals surface area contributed by atoms with Gasteiger partial charge >= 0.3 is 5.97 Å². The van der Waals surface area contributed by atoms with Gasteiger partial charge in [0.05, 0.1) is 11.6 Å². The number of anilines is 1. The number of hydrogen-bond acceptors (Lipinski definition) is 3. The van der Waals surface area contributed by atoms with Crippen LogP contribution < -0.4 is 5.32 Å². The summed E-state index contributed by atoms with van der Waals surface area (Å²) in [6.45, 7) is 0. The molecule has 104 valence electrons. The molecule has 0 aliphatic rings. The van der Waals surface area contributed by atoms with Gasteiger partial charge in [-0.2, -0.15) is 5.26 Å². The number of rotatable bonds is 4. The first kappa shape index (κ1) is 14.3. The lowest BCUT2D eigenvalue weighted by atomic mass is 10.00. The summed E-state index contributed by atoms with van der Waals surface area (Å²) >= 11 is 0. The van der Waals surface area contributed by atoms with Gasteiger partial charge in [-0.3, -0.25) is 4.79 Å². The van der Waals surface area contributed by atoms with E-state index in [9.17, 15) is 9.59 Å². The molecule has 0 heterocycles. The molecule has 2 aromatic carbocycles. The van der Waals surface area contributed by atoms with E-state index in [-0.39, 0.29) is 5.56 Å². The fraction of sp³-hybridized carbons (Fsp3) is 0.0625. The van der Waals surface area contributed by atoms with Crippen LogP contribution in [0.2, 0.25) is 0 Å². The smallest absolute Gasteiger partial charge is 0.335 e. The Morgan fingerprint density at radius 1 is 1.05 bits per heavy atom. The second kappa shape index (κ2) is 6.35. The van der Waals surface area contributed by atoms with Gasteiger partial charge in [0.1, 0.15) is 0 Å². The number of amides is 1. The van der Waals surface area contributed by atoms with Crippen LogP contribution in [-0.2, 0) is 4.79 Å². The van der Waals surface area contributed by atoms with Crippen LogP contribution in [0.15, 0.2) is 54.6 Å². The summed E-state index contributed by atoms with van der Waals surface area (Å²) in [5, 5.41) is 20.6. The van der Waals surface area contributed by atoms with E-state index in [4.69, 9.17) is 10.4 Å². The van der Waals surface area contributed by atoms with E-state index in [1.807, 2.05) is 6.07 Å². The number of aromatic carboxylic acids is 1. The van der Waals surface area contributed by atoms with E-state index in [2.05, 4.69) is 5.32 Å². The minimum atomic E-state index is -1.04. The minimum Gasteiger partial charge on any atom is -0.478 e. The fourth-order valence-corrected chi connectivity index (χ4v) is 1.84. The van der Waals surface area contributed by atoms with Crippen molar-refractivity contribution in [2.24, 2.45) is 0 Å². The number of nitrogens with one attached hydrogen (secondary N) is 1. The van der Waals surface area contributed by atoms with E-state index >= 15 is 0 Å². The van der Waals surface area contributed by atoms with Gasteiger partial charge in [0, 0.05) is 5.69 Å². The summed E-state index contributed by atoms with van der Waals surface area (Å²) in [6.07, 6.45) is 0.